The Morgan fingerprint density at radius 1 is 1.43 bits per heavy atom. The van der Waals surface area contributed by atoms with Crippen molar-refractivity contribution in [2.24, 2.45) is 0 Å². The Balaban J connectivity index is 2.06. The summed E-state index contributed by atoms with van der Waals surface area (Å²) < 4.78 is 32.6. The predicted octanol–water partition coefficient (Wildman–Crippen LogP) is 2.67. The number of amides is 1. The number of hydrogen-bond donors (Lipinski definition) is 2. The second kappa shape index (κ2) is 7.03. The van der Waals surface area contributed by atoms with Crippen molar-refractivity contribution in [1.29, 1.82) is 5.26 Å². The molecule has 1 aromatic carbocycles. The van der Waals surface area contributed by atoms with Gasteiger partial charge in [0.05, 0.1) is 17.9 Å². The van der Waals surface area contributed by atoms with Crippen LogP contribution < -0.4 is 5.32 Å². The molecule has 0 spiro atoms. The lowest BCUT2D eigenvalue weighted by molar-refractivity contribution is 0.0895. The molecule has 0 aliphatic rings. The number of furan rings is 1. The fourth-order valence-corrected chi connectivity index (χ4v) is 2.14. The van der Waals surface area contributed by atoms with Crippen molar-refractivity contribution in [3.63, 3.8) is 0 Å². The molecule has 23 heavy (non-hydrogen) atoms. The standard InChI is InChI=1S/C16H14F2N2O3/c1-9(5-13(21)14-3-2-4-23-14)20-16(22)15-11(17)6-10(8-19)7-12(15)18/h2-4,6-7,9,13,21H,5H2,1H3,(H,20,22). The first-order valence-corrected chi connectivity index (χ1v) is 6.83. The zero-order valence-corrected chi connectivity index (χ0v) is 12.2. The number of benzene rings is 1. The van der Waals surface area contributed by atoms with E-state index >= 15 is 0 Å². The largest absolute Gasteiger partial charge is 0.467 e. The zero-order valence-electron chi connectivity index (χ0n) is 12.2. The Labute approximate surface area is 131 Å². The fraction of sp³-hybridized carbons (Fsp3) is 0.250. The van der Waals surface area contributed by atoms with Crippen LogP contribution in [0.2, 0.25) is 0 Å². The van der Waals surface area contributed by atoms with Gasteiger partial charge in [0.25, 0.3) is 5.91 Å². The topological polar surface area (TPSA) is 86.3 Å². The zero-order chi connectivity index (χ0) is 17.0. The summed E-state index contributed by atoms with van der Waals surface area (Å²) in [7, 11) is 0. The summed E-state index contributed by atoms with van der Waals surface area (Å²) >= 11 is 0. The molecule has 0 radical (unpaired) electrons. The van der Waals surface area contributed by atoms with Crippen LogP contribution in [0.3, 0.4) is 0 Å². The molecule has 0 saturated carbocycles. The maximum absolute atomic E-state index is 13.8. The van der Waals surface area contributed by atoms with Crippen LogP contribution in [0.15, 0.2) is 34.9 Å². The van der Waals surface area contributed by atoms with Crippen LogP contribution in [-0.4, -0.2) is 17.1 Å². The number of rotatable bonds is 5. The van der Waals surface area contributed by atoms with Crippen molar-refractivity contribution in [3.8, 4) is 6.07 Å². The molecule has 0 bridgehead atoms. The van der Waals surface area contributed by atoms with E-state index in [4.69, 9.17) is 9.68 Å². The number of nitrogens with zero attached hydrogens (tertiary/aromatic N) is 1. The third kappa shape index (κ3) is 3.93. The van der Waals surface area contributed by atoms with Crippen molar-refractivity contribution in [3.05, 3.63) is 59.1 Å². The Kier molecular flexibility index (Phi) is 5.09. The first kappa shape index (κ1) is 16.6. The van der Waals surface area contributed by atoms with Crippen LogP contribution in [0, 0.1) is 23.0 Å². The first-order valence-electron chi connectivity index (χ1n) is 6.83. The van der Waals surface area contributed by atoms with Gasteiger partial charge in [-0.2, -0.15) is 5.26 Å². The van der Waals surface area contributed by atoms with Gasteiger partial charge in [-0.05, 0) is 31.2 Å². The lowest BCUT2D eigenvalue weighted by Gasteiger charge is -2.17. The lowest BCUT2D eigenvalue weighted by atomic mass is 10.1. The molecule has 1 amide bonds. The van der Waals surface area contributed by atoms with Crippen molar-refractivity contribution < 1.29 is 23.1 Å². The van der Waals surface area contributed by atoms with E-state index in [1.165, 1.54) is 6.26 Å². The van der Waals surface area contributed by atoms with Gasteiger partial charge in [-0.3, -0.25) is 4.79 Å². The van der Waals surface area contributed by atoms with Gasteiger partial charge in [0.1, 0.15) is 29.1 Å². The molecule has 0 aliphatic heterocycles. The highest BCUT2D eigenvalue weighted by Crippen LogP contribution is 2.19. The van der Waals surface area contributed by atoms with E-state index in [1.54, 1.807) is 25.1 Å². The lowest BCUT2D eigenvalue weighted by Crippen LogP contribution is -2.34. The number of halogens is 2. The van der Waals surface area contributed by atoms with E-state index in [0.717, 1.165) is 12.1 Å². The minimum atomic E-state index is -1.11. The molecule has 2 unspecified atom stereocenters. The fourth-order valence-electron chi connectivity index (χ4n) is 2.14. The average molecular weight is 320 g/mol. The molecule has 0 aliphatic carbocycles. The maximum Gasteiger partial charge on any atom is 0.257 e. The van der Waals surface area contributed by atoms with Crippen LogP contribution in [-0.2, 0) is 0 Å². The Morgan fingerprint density at radius 2 is 2.09 bits per heavy atom. The van der Waals surface area contributed by atoms with Crippen LogP contribution in [0.25, 0.3) is 0 Å². The van der Waals surface area contributed by atoms with Crippen LogP contribution >= 0.6 is 0 Å². The second-order valence-electron chi connectivity index (χ2n) is 5.07. The van der Waals surface area contributed by atoms with Gasteiger partial charge in [0.15, 0.2) is 0 Å². The molecule has 7 heteroatoms. The third-order valence-electron chi connectivity index (χ3n) is 3.22. The van der Waals surface area contributed by atoms with Gasteiger partial charge in [-0.1, -0.05) is 0 Å². The molecule has 5 nitrogen and oxygen atoms in total. The SMILES string of the molecule is CC(CC(O)c1ccco1)NC(=O)c1c(F)cc(C#N)cc1F. The number of carbonyl (C=O) groups excluding carboxylic acids is 1. The number of nitriles is 1. The van der Waals surface area contributed by atoms with Gasteiger partial charge in [0, 0.05) is 12.5 Å². The molecular weight excluding hydrogens is 306 g/mol. The third-order valence-corrected chi connectivity index (χ3v) is 3.22. The molecule has 2 atom stereocenters. The van der Waals surface area contributed by atoms with Gasteiger partial charge < -0.3 is 14.8 Å². The molecule has 0 saturated heterocycles. The second-order valence-corrected chi connectivity index (χ2v) is 5.07. The molecule has 1 aromatic heterocycles. The van der Waals surface area contributed by atoms with Crippen molar-refractivity contribution >= 4 is 5.91 Å². The Bertz CT molecular complexity index is 715. The van der Waals surface area contributed by atoms with Crippen molar-refractivity contribution in [2.45, 2.75) is 25.5 Å². The van der Waals surface area contributed by atoms with Crippen LogP contribution in [0.5, 0.6) is 0 Å². The number of carbonyl (C=O) groups is 1. The first-order chi connectivity index (χ1) is 10.9. The number of hydrogen-bond acceptors (Lipinski definition) is 4. The molecule has 2 aromatic rings. The molecular formula is C16H14F2N2O3. The molecule has 120 valence electrons. The van der Waals surface area contributed by atoms with Gasteiger partial charge >= 0.3 is 0 Å². The normalized spacial score (nSPS) is 13.2. The highest BCUT2D eigenvalue weighted by atomic mass is 19.1. The minimum Gasteiger partial charge on any atom is -0.467 e. The van der Waals surface area contributed by atoms with E-state index in [9.17, 15) is 18.7 Å². The molecule has 0 fully saturated rings. The Morgan fingerprint density at radius 3 is 2.61 bits per heavy atom. The highest BCUT2D eigenvalue weighted by molar-refractivity contribution is 5.95. The molecule has 2 N–H and O–H groups in total. The summed E-state index contributed by atoms with van der Waals surface area (Å²) in [6.07, 6.45) is 0.568. The van der Waals surface area contributed by atoms with Crippen molar-refractivity contribution in [2.75, 3.05) is 0 Å². The summed E-state index contributed by atoms with van der Waals surface area (Å²) in [4.78, 5) is 12.0. The maximum atomic E-state index is 13.8. The van der Waals surface area contributed by atoms with Gasteiger partial charge in [-0.15, -0.1) is 0 Å². The minimum absolute atomic E-state index is 0.110. The summed E-state index contributed by atoms with van der Waals surface area (Å²) in [6.45, 7) is 1.59. The Hall–Kier alpha value is -2.72. The summed E-state index contributed by atoms with van der Waals surface area (Å²) in [5.41, 5.74) is -0.971. The smallest absolute Gasteiger partial charge is 0.257 e. The van der Waals surface area contributed by atoms with Crippen molar-refractivity contribution in [1.82, 2.24) is 5.32 Å². The summed E-state index contributed by atoms with van der Waals surface area (Å²) in [5.74, 6) is -2.85. The van der Waals surface area contributed by atoms with E-state index in [0.29, 0.717) is 5.76 Å². The average Bonchev–Trinajstić information content (AvgIpc) is 3.00. The van der Waals surface area contributed by atoms with E-state index in [2.05, 4.69) is 5.32 Å². The molecule has 1 heterocycles. The van der Waals surface area contributed by atoms with E-state index < -0.39 is 35.3 Å². The highest BCUT2D eigenvalue weighted by Gasteiger charge is 2.22. The van der Waals surface area contributed by atoms with Gasteiger partial charge in [-0.25, -0.2) is 8.78 Å². The predicted molar refractivity (Wildman–Crippen MR) is 76.3 cm³/mol. The monoisotopic (exact) mass is 320 g/mol. The van der Waals surface area contributed by atoms with E-state index in [-0.39, 0.29) is 12.0 Å². The quantitative estimate of drug-likeness (QED) is 0.887. The van der Waals surface area contributed by atoms with Gasteiger partial charge in [0.2, 0.25) is 0 Å². The molecule has 2 rings (SSSR count). The number of nitrogens with one attached hydrogen (secondary N) is 1. The van der Waals surface area contributed by atoms with Crippen LogP contribution in [0.1, 0.15) is 41.1 Å². The number of aliphatic hydroxyl groups is 1. The summed E-state index contributed by atoms with van der Waals surface area (Å²) in [5, 5.41) is 20.9. The van der Waals surface area contributed by atoms with E-state index in [1.807, 2.05) is 0 Å². The summed E-state index contributed by atoms with van der Waals surface area (Å²) in [6, 6.07) is 5.82. The van der Waals surface area contributed by atoms with Crippen LogP contribution in [0.4, 0.5) is 8.78 Å². The number of aliphatic hydroxyl groups excluding tert-OH is 1.